The molecular formula is C11H23NO4S. The van der Waals surface area contributed by atoms with Crippen LogP contribution in [0.5, 0.6) is 0 Å². The highest BCUT2D eigenvalue weighted by molar-refractivity contribution is 7.85. The van der Waals surface area contributed by atoms with E-state index < -0.39 is 10.1 Å². The summed E-state index contributed by atoms with van der Waals surface area (Å²) in [6.07, 6.45) is 0.640. The predicted octanol–water partition coefficient (Wildman–Crippen LogP) is 1.52. The van der Waals surface area contributed by atoms with Crippen molar-refractivity contribution in [2.75, 3.05) is 19.8 Å². The molecule has 0 rings (SSSR count). The lowest BCUT2D eigenvalue weighted by molar-refractivity contribution is -0.0588. The third-order valence-electron chi connectivity index (χ3n) is 2.51. The molecule has 0 fully saturated rings. The van der Waals surface area contributed by atoms with E-state index in [1.54, 1.807) is 0 Å². The van der Waals surface area contributed by atoms with Crippen LogP contribution < -0.4 is 0 Å². The van der Waals surface area contributed by atoms with Crippen LogP contribution in [-0.2, 0) is 14.9 Å². The van der Waals surface area contributed by atoms with Crippen molar-refractivity contribution >= 4 is 10.1 Å². The summed E-state index contributed by atoms with van der Waals surface area (Å²) in [6.45, 7) is 7.59. The number of hydrogen-bond acceptors (Lipinski definition) is 4. The molecule has 0 aliphatic rings. The van der Waals surface area contributed by atoms with Gasteiger partial charge in [-0.15, -0.1) is 0 Å². The van der Waals surface area contributed by atoms with Gasteiger partial charge in [-0.1, -0.05) is 12.2 Å². The molecule has 0 bridgehead atoms. The molecule has 2 atom stereocenters. The van der Waals surface area contributed by atoms with Crippen LogP contribution >= 0.6 is 0 Å². The smallest absolute Gasteiger partial charge is 0.264 e. The first-order valence-corrected chi connectivity index (χ1v) is 7.17. The van der Waals surface area contributed by atoms with Crippen LogP contribution in [0.3, 0.4) is 0 Å². The second kappa shape index (κ2) is 7.10. The van der Waals surface area contributed by atoms with Gasteiger partial charge in [-0.3, -0.25) is 9.45 Å². The summed E-state index contributed by atoms with van der Waals surface area (Å²) in [6, 6.07) is 0. The van der Waals surface area contributed by atoms with E-state index in [9.17, 15) is 8.42 Å². The Labute approximate surface area is 104 Å². The van der Waals surface area contributed by atoms with Crippen LogP contribution in [0.15, 0.2) is 12.2 Å². The van der Waals surface area contributed by atoms with Gasteiger partial charge in [0.15, 0.2) is 0 Å². The van der Waals surface area contributed by atoms with E-state index in [4.69, 9.17) is 9.29 Å². The summed E-state index contributed by atoms with van der Waals surface area (Å²) in [7, 11) is -0.0837. The maximum absolute atomic E-state index is 10.6. The van der Waals surface area contributed by atoms with Crippen molar-refractivity contribution in [3.05, 3.63) is 12.2 Å². The SMILES string of the molecule is C=C(C)C(CCCS(=O)(=O)O)OC(C)N(C)C. The summed E-state index contributed by atoms with van der Waals surface area (Å²) in [4.78, 5) is 1.92. The average molecular weight is 265 g/mol. The minimum atomic E-state index is -3.89. The molecule has 6 heteroatoms. The molecule has 1 N–H and O–H groups in total. The number of rotatable bonds is 8. The Morgan fingerprint density at radius 2 is 2.00 bits per heavy atom. The molecule has 17 heavy (non-hydrogen) atoms. The predicted molar refractivity (Wildman–Crippen MR) is 68.5 cm³/mol. The van der Waals surface area contributed by atoms with Crippen LogP contribution in [0.1, 0.15) is 26.7 Å². The monoisotopic (exact) mass is 265 g/mol. The minimum Gasteiger partial charge on any atom is -0.356 e. The first-order valence-electron chi connectivity index (χ1n) is 5.56. The molecule has 0 spiro atoms. The summed E-state index contributed by atoms with van der Waals surface area (Å²) >= 11 is 0. The molecule has 0 saturated carbocycles. The maximum Gasteiger partial charge on any atom is 0.264 e. The largest absolute Gasteiger partial charge is 0.356 e. The highest BCUT2D eigenvalue weighted by atomic mass is 32.2. The Balaban J connectivity index is 4.22. The van der Waals surface area contributed by atoms with E-state index in [0.29, 0.717) is 12.8 Å². The van der Waals surface area contributed by atoms with E-state index in [1.807, 2.05) is 32.8 Å². The van der Waals surface area contributed by atoms with Gasteiger partial charge in [-0.05, 0) is 40.8 Å². The molecule has 0 aromatic rings. The fourth-order valence-corrected chi connectivity index (χ4v) is 1.77. The van der Waals surface area contributed by atoms with E-state index >= 15 is 0 Å². The highest BCUT2D eigenvalue weighted by Crippen LogP contribution is 2.14. The molecule has 0 radical (unpaired) electrons. The lowest BCUT2D eigenvalue weighted by atomic mass is 10.1. The van der Waals surface area contributed by atoms with Crippen LogP contribution in [0.2, 0.25) is 0 Å². The fourth-order valence-electron chi connectivity index (χ4n) is 1.24. The third kappa shape index (κ3) is 8.31. The molecule has 102 valence electrons. The fraction of sp³-hybridized carbons (Fsp3) is 0.818. The first kappa shape index (κ1) is 16.6. The van der Waals surface area contributed by atoms with Crippen molar-refractivity contribution in [1.82, 2.24) is 4.90 Å². The van der Waals surface area contributed by atoms with Gasteiger partial charge in [0.25, 0.3) is 10.1 Å². The first-order chi connectivity index (χ1) is 7.63. The highest BCUT2D eigenvalue weighted by Gasteiger charge is 2.16. The number of ether oxygens (including phenoxy) is 1. The zero-order chi connectivity index (χ0) is 13.6. The summed E-state index contributed by atoms with van der Waals surface area (Å²) in [5, 5.41) is 0. The van der Waals surface area contributed by atoms with Crippen LogP contribution in [0.25, 0.3) is 0 Å². The van der Waals surface area contributed by atoms with Crippen LogP contribution in [0.4, 0.5) is 0 Å². The van der Waals surface area contributed by atoms with Gasteiger partial charge < -0.3 is 4.74 Å². The van der Waals surface area contributed by atoms with E-state index in [1.165, 1.54) is 0 Å². The molecule has 2 unspecified atom stereocenters. The molecule has 0 amide bonds. The van der Waals surface area contributed by atoms with Crippen molar-refractivity contribution in [2.45, 2.75) is 39.0 Å². The van der Waals surface area contributed by atoms with Gasteiger partial charge in [-0.2, -0.15) is 8.42 Å². The van der Waals surface area contributed by atoms with Crippen LogP contribution in [0, 0.1) is 0 Å². The second-order valence-electron chi connectivity index (χ2n) is 4.46. The summed E-state index contributed by atoms with van der Waals surface area (Å²) < 4.78 is 35.6. The Morgan fingerprint density at radius 3 is 2.35 bits per heavy atom. The molecular weight excluding hydrogens is 242 g/mol. The van der Waals surface area contributed by atoms with Crippen LogP contribution in [-0.4, -0.2) is 50.1 Å². The Bertz CT molecular complexity index is 337. The standard InChI is InChI=1S/C11H23NO4S/c1-9(2)11(16-10(3)12(4)5)7-6-8-17(13,14)15/h10-11H,1,6-8H2,2-5H3,(H,13,14,15). The zero-order valence-corrected chi connectivity index (χ0v) is 11.8. The van der Waals surface area contributed by atoms with E-state index in [2.05, 4.69) is 6.58 Å². The van der Waals surface area contributed by atoms with Gasteiger partial charge in [0, 0.05) is 0 Å². The quantitative estimate of drug-likeness (QED) is 0.409. The molecule has 5 nitrogen and oxygen atoms in total. The normalized spacial score (nSPS) is 15.9. The van der Waals surface area contributed by atoms with Crippen molar-refractivity contribution in [1.29, 1.82) is 0 Å². The van der Waals surface area contributed by atoms with Gasteiger partial charge in [0.05, 0.1) is 11.9 Å². The van der Waals surface area contributed by atoms with Crippen molar-refractivity contribution in [3.63, 3.8) is 0 Å². The molecule has 0 saturated heterocycles. The minimum absolute atomic E-state index is 0.0672. The zero-order valence-electron chi connectivity index (χ0n) is 11.0. The lowest BCUT2D eigenvalue weighted by Gasteiger charge is -2.26. The summed E-state index contributed by atoms with van der Waals surface area (Å²) in [5.74, 6) is -0.240. The topological polar surface area (TPSA) is 66.8 Å². The Morgan fingerprint density at radius 1 is 1.47 bits per heavy atom. The van der Waals surface area contributed by atoms with E-state index in [-0.39, 0.29) is 18.1 Å². The summed E-state index contributed by atoms with van der Waals surface area (Å²) in [5.41, 5.74) is 0.856. The molecule has 0 heterocycles. The average Bonchev–Trinajstić information content (AvgIpc) is 2.13. The molecule has 0 aromatic heterocycles. The molecule has 0 aliphatic heterocycles. The van der Waals surface area contributed by atoms with E-state index in [0.717, 1.165) is 5.57 Å². The molecule has 0 aromatic carbocycles. The van der Waals surface area contributed by atoms with Crippen molar-refractivity contribution in [2.24, 2.45) is 0 Å². The Kier molecular flexibility index (Phi) is 6.92. The number of hydrogen-bond donors (Lipinski definition) is 1. The lowest BCUT2D eigenvalue weighted by Crippen LogP contribution is -2.32. The van der Waals surface area contributed by atoms with Gasteiger partial charge in [-0.25, -0.2) is 0 Å². The molecule has 0 aliphatic carbocycles. The van der Waals surface area contributed by atoms with Gasteiger partial charge >= 0.3 is 0 Å². The Hall–Kier alpha value is -0.430. The van der Waals surface area contributed by atoms with Crippen molar-refractivity contribution in [3.8, 4) is 0 Å². The van der Waals surface area contributed by atoms with Gasteiger partial charge in [0.2, 0.25) is 0 Å². The third-order valence-corrected chi connectivity index (χ3v) is 3.31. The number of nitrogens with zero attached hydrogens (tertiary/aromatic N) is 1. The van der Waals surface area contributed by atoms with Gasteiger partial charge in [0.1, 0.15) is 6.23 Å². The van der Waals surface area contributed by atoms with Crippen molar-refractivity contribution < 1.29 is 17.7 Å². The second-order valence-corrected chi connectivity index (χ2v) is 6.03. The maximum atomic E-state index is 10.6.